The average molecular weight is 376 g/mol. The number of amides is 2. The van der Waals surface area contributed by atoms with Gasteiger partial charge in [0.2, 0.25) is 11.8 Å². The minimum absolute atomic E-state index is 0.00190. The maximum Gasteiger partial charge on any atom is 0.245 e. The summed E-state index contributed by atoms with van der Waals surface area (Å²) >= 11 is 0. The van der Waals surface area contributed by atoms with Crippen LogP contribution in [0.5, 0.6) is 0 Å². The van der Waals surface area contributed by atoms with Crippen LogP contribution in [0.15, 0.2) is 36.7 Å². The Morgan fingerprint density at radius 1 is 1.11 bits per heavy atom. The van der Waals surface area contributed by atoms with Crippen molar-refractivity contribution in [3.8, 4) is 11.5 Å². The Kier molecular flexibility index (Phi) is 3.68. The Balaban J connectivity index is 1.53. The molecule has 8 heteroatoms. The predicted octanol–water partition coefficient (Wildman–Crippen LogP) is 1.42. The van der Waals surface area contributed by atoms with Crippen LogP contribution >= 0.6 is 0 Å². The molecule has 4 heterocycles. The Morgan fingerprint density at radius 3 is 2.64 bits per heavy atom. The summed E-state index contributed by atoms with van der Waals surface area (Å²) in [7, 11) is 1.68. The van der Waals surface area contributed by atoms with Gasteiger partial charge in [0, 0.05) is 26.0 Å². The molecule has 0 spiro atoms. The number of imidazole rings is 1. The van der Waals surface area contributed by atoms with Crippen LogP contribution in [0.1, 0.15) is 18.2 Å². The van der Waals surface area contributed by atoms with Crippen molar-refractivity contribution in [2.24, 2.45) is 0 Å². The molecule has 2 fully saturated rings. The van der Waals surface area contributed by atoms with Crippen LogP contribution in [0.25, 0.3) is 22.6 Å². The monoisotopic (exact) mass is 376 g/mol. The lowest BCUT2D eigenvalue weighted by atomic mass is 10.1. The molecule has 0 saturated carbocycles. The highest BCUT2D eigenvalue weighted by Gasteiger charge is 2.45. The maximum atomic E-state index is 12.5. The zero-order chi connectivity index (χ0) is 19.4. The van der Waals surface area contributed by atoms with E-state index in [1.165, 1.54) is 4.90 Å². The number of aromatic nitrogens is 4. The minimum Gasteiger partial charge on any atom is -0.335 e. The highest BCUT2D eigenvalue weighted by atomic mass is 16.2. The molecule has 0 bridgehead atoms. The van der Waals surface area contributed by atoms with Gasteiger partial charge in [-0.2, -0.15) is 0 Å². The second-order valence-electron chi connectivity index (χ2n) is 7.45. The highest BCUT2D eigenvalue weighted by molar-refractivity contribution is 5.95. The summed E-state index contributed by atoms with van der Waals surface area (Å²) in [4.78, 5) is 42.1. The van der Waals surface area contributed by atoms with Crippen LogP contribution in [0.2, 0.25) is 0 Å². The third-order valence-electron chi connectivity index (χ3n) is 5.65. The Bertz CT molecular complexity index is 1110. The molecule has 0 unspecified atom stereocenters. The molecule has 142 valence electrons. The summed E-state index contributed by atoms with van der Waals surface area (Å²) in [6, 6.07) is 7.34. The molecule has 2 amide bonds. The SMILES string of the molecule is Cc1nc2ccccc2nc1-c1nccn1[C@@H]1C[C@H]2C(=O)N(C)CC(=O)N2C1. The number of fused-ring (bicyclic) bond motifs is 2. The molecule has 3 aromatic rings. The molecule has 2 aliphatic heterocycles. The lowest BCUT2D eigenvalue weighted by molar-refractivity contribution is -0.152. The summed E-state index contributed by atoms with van der Waals surface area (Å²) in [5, 5.41) is 0. The second kappa shape index (κ2) is 6.12. The summed E-state index contributed by atoms with van der Waals surface area (Å²) in [6.07, 6.45) is 4.21. The van der Waals surface area contributed by atoms with Gasteiger partial charge in [-0.05, 0) is 25.5 Å². The van der Waals surface area contributed by atoms with E-state index in [0.29, 0.717) is 18.8 Å². The number of para-hydroxylation sites is 2. The van der Waals surface area contributed by atoms with Crippen LogP contribution in [-0.2, 0) is 9.59 Å². The Labute approximate surface area is 161 Å². The van der Waals surface area contributed by atoms with Crippen molar-refractivity contribution >= 4 is 22.8 Å². The van der Waals surface area contributed by atoms with Crippen molar-refractivity contribution in [1.29, 1.82) is 0 Å². The van der Waals surface area contributed by atoms with Gasteiger partial charge in [-0.15, -0.1) is 0 Å². The standard InChI is InChI=1S/C20H20N6O2/c1-12-18(23-15-6-4-3-5-14(15)22-12)19-21-7-8-25(19)13-9-16-20(28)24(2)11-17(27)26(16)10-13/h3-8,13,16H,9-11H2,1-2H3/t13-,16+/m1/s1. The molecular formula is C20H20N6O2. The second-order valence-corrected chi connectivity index (χ2v) is 7.45. The smallest absolute Gasteiger partial charge is 0.245 e. The first-order chi connectivity index (χ1) is 13.5. The number of benzene rings is 1. The van der Waals surface area contributed by atoms with Crippen LogP contribution in [0.3, 0.4) is 0 Å². The third-order valence-corrected chi connectivity index (χ3v) is 5.65. The highest BCUT2D eigenvalue weighted by Crippen LogP contribution is 2.34. The lowest BCUT2D eigenvalue weighted by Gasteiger charge is -2.33. The average Bonchev–Trinajstić information content (AvgIpc) is 3.33. The fourth-order valence-corrected chi connectivity index (χ4v) is 4.24. The fraction of sp³-hybridized carbons (Fsp3) is 0.350. The topological polar surface area (TPSA) is 84.2 Å². The van der Waals surface area contributed by atoms with Crippen LogP contribution in [0.4, 0.5) is 0 Å². The van der Waals surface area contributed by atoms with E-state index in [1.54, 1.807) is 18.1 Å². The quantitative estimate of drug-likeness (QED) is 0.675. The van der Waals surface area contributed by atoms with Crippen molar-refractivity contribution in [3.05, 3.63) is 42.4 Å². The van der Waals surface area contributed by atoms with E-state index in [0.717, 1.165) is 22.4 Å². The number of hydrogen-bond acceptors (Lipinski definition) is 5. The van der Waals surface area contributed by atoms with Crippen LogP contribution in [-0.4, -0.2) is 67.3 Å². The minimum atomic E-state index is -0.393. The first-order valence-corrected chi connectivity index (χ1v) is 9.34. The number of piperazine rings is 1. The van der Waals surface area contributed by atoms with E-state index in [9.17, 15) is 9.59 Å². The number of likely N-dealkylation sites (N-methyl/N-ethyl adjacent to an activating group) is 1. The molecular weight excluding hydrogens is 356 g/mol. The molecule has 2 aliphatic rings. The summed E-state index contributed by atoms with van der Waals surface area (Å²) in [5.41, 5.74) is 3.18. The van der Waals surface area contributed by atoms with Crippen LogP contribution < -0.4 is 0 Å². The first-order valence-electron chi connectivity index (χ1n) is 9.34. The summed E-state index contributed by atoms with van der Waals surface area (Å²) in [5.74, 6) is 0.720. The molecule has 8 nitrogen and oxygen atoms in total. The van der Waals surface area contributed by atoms with Gasteiger partial charge in [0.25, 0.3) is 0 Å². The van der Waals surface area contributed by atoms with Crippen molar-refractivity contribution in [1.82, 2.24) is 29.3 Å². The van der Waals surface area contributed by atoms with Gasteiger partial charge in [0.05, 0.1) is 29.3 Å². The number of aryl methyl sites for hydroxylation is 1. The van der Waals surface area contributed by atoms with Gasteiger partial charge in [-0.3, -0.25) is 9.59 Å². The number of hydrogen-bond donors (Lipinski definition) is 0. The number of carbonyl (C=O) groups is 2. The van der Waals surface area contributed by atoms with Gasteiger partial charge in [-0.1, -0.05) is 12.1 Å². The zero-order valence-electron chi connectivity index (χ0n) is 15.7. The first kappa shape index (κ1) is 16.9. The molecule has 2 saturated heterocycles. The van der Waals surface area contributed by atoms with E-state index in [1.807, 2.05) is 42.0 Å². The van der Waals surface area contributed by atoms with E-state index in [4.69, 9.17) is 4.98 Å². The van der Waals surface area contributed by atoms with E-state index in [2.05, 4.69) is 9.97 Å². The molecule has 0 aliphatic carbocycles. The van der Waals surface area contributed by atoms with Crippen molar-refractivity contribution in [2.75, 3.05) is 20.1 Å². The summed E-state index contributed by atoms with van der Waals surface area (Å²) in [6.45, 7) is 2.58. The maximum absolute atomic E-state index is 12.5. The van der Waals surface area contributed by atoms with E-state index >= 15 is 0 Å². The van der Waals surface area contributed by atoms with Gasteiger partial charge in [0.1, 0.15) is 11.7 Å². The van der Waals surface area contributed by atoms with E-state index in [-0.39, 0.29) is 24.4 Å². The van der Waals surface area contributed by atoms with Gasteiger partial charge < -0.3 is 14.4 Å². The Hall–Kier alpha value is -3.29. The molecule has 5 rings (SSSR count). The molecule has 0 radical (unpaired) electrons. The lowest BCUT2D eigenvalue weighted by Crippen LogP contribution is -2.55. The Morgan fingerprint density at radius 2 is 1.86 bits per heavy atom. The summed E-state index contributed by atoms with van der Waals surface area (Å²) < 4.78 is 2.03. The normalized spacial score (nSPS) is 22.2. The number of nitrogens with zero attached hydrogens (tertiary/aromatic N) is 6. The zero-order valence-corrected chi connectivity index (χ0v) is 15.7. The number of rotatable bonds is 2. The fourth-order valence-electron chi connectivity index (χ4n) is 4.24. The molecule has 28 heavy (non-hydrogen) atoms. The molecule has 0 N–H and O–H groups in total. The number of carbonyl (C=O) groups excluding carboxylic acids is 2. The van der Waals surface area contributed by atoms with E-state index < -0.39 is 6.04 Å². The molecule has 2 atom stereocenters. The van der Waals surface area contributed by atoms with Crippen molar-refractivity contribution in [3.63, 3.8) is 0 Å². The third kappa shape index (κ3) is 2.48. The van der Waals surface area contributed by atoms with Crippen LogP contribution in [0, 0.1) is 6.92 Å². The largest absolute Gasteiger partial charge is 0.335 e. The molecule has 2 aromatic heterocycles. The predicted molar refractivity (Wildman–Crippen MR) is 102 cm³/mol. The molecule has 1 aromatic carbocycles. The van der Waals surface area contributed by atoms with Crippen molar-refractivity contribution < 1.29 is 9.59 Å². The van der Waals surface area contributed by atoms with Crippen molar-refractivity contribution in [2.45, 2.75) is 25.4 Å². The van der Waals surface area contributed by atoms with Gasteiger partial charge in [-0.25, -0.2) is 15.0 Å². The van der Waals surface area contributed by atoms with Gasteiger partial charge >= 0.3 is 0 Å². The van der Waals surface area contributed by atoms with Gasteiger partial charge in [0.15, 0.2) is 5.82 Å².